The molecule has 1 heteroatoms. The lowest BCUT2D eigenvalue weighted by atomic mass is 10.3. The minimum absolute atomic E-state index is 1.07. The minimum atomic E-state index is 1.07. The smallest absolute Gasteiger partial charge is 0.127 e. The summed E-state index contributed by atoms with van der Waals surface area (Å²) in [6, 6.07) is 9.87. The van der Waals surface area contributed by atoms with Crippen LogP contribution in [0.25, 0.3) is 0 Å². The van der Waals surface area contributed by atoms with Gasteiger partial charge in [-0.05, 0) is 12.1 Å². The molecule has 1 nitrogen and oxygen atoms in total. The molecule has 0 radical (unpaired) electrons. The van der Waals surface area contributed by atoms with Crippen molar-refractivity contribution in [2.75, 3.05) is 0 Å². The van der Waals surface area contributed by atoms with E-state index in [1.807, 2.05) is 30.3 Å². The molecule has 0 saturated heterocycles. The van der Waals surface area contributed by atoms with E-state index >= 15 is 0 Å². The Hall–Kier alpha value is -1.26. The van der Waals surface area contributed by atoms with E-state index in [0.717, 1.165) is 5.69 Å². The first kappa shape index (κ1) is 7.74. The number of hydrogen-bond acceptors (Lipinski definition) is 0. The summed E-state index contributed by atoms with van der Waals surface area (Å²) in [7, 11) is 0. The third-order valence-electron chi connectivity index (χ3n) is 0.843. The predicted molar refractivity (Wildman–Crippen MR) is 37.2 cm³/mol. The van der Waals surface area contributed by atoms with Gasteiger partial charge in [0.15, 0.2) is 0 Å². The zero-order valence-corrected chi connectivity index (χ0v) is 5.17. The van der Waals surface area contributed by atoms with Gasteiger partial charge in [0.1, 0.15) is 5.69 Å². The average Bonchev–Trinajstić information content (AvgIpc) is 1.94. The second kappa shape index (κ2) is 4.89. The van der Waals surface area contributed by atoms with Crippen LogP contribution in [0.5, 0.6) is 0 Å². The maximum absolute atomic E-state index is 5.25. The SMILES string of the molecule is [C-]#C.[NH3+]c1ccccc1. The molecule has 1 aromatic rings. The molecule has 0 aliphatic rings. The second-order valence-electron chi connectivity index (χ2n) is 1.49. The highest BCUT2D eigenvalue weighted by molar-refractivity contribution is 5.25. The van der Waals surface area contributed by atoms with Gasteiger partial charge in [-0.1, -0.05) is 18.2 Å². The Morgan fingerprint density at radius 3 is 1.78 bits per heavy atom. The first-order valence-electron chi connectivity index (χ1n) is 2.55. The molecule has 0 unspecified atom stereocenters. The van der Waals surface area contributed by atoms with Crippen LogP contribution < -0.4 is 5.73 Å². The fourth-order valence-electron chi connectivity index (χ4n) is 0.478. The summed E-state index contributed by atoms with van der Waals surface area (Å²) in [5, 5.41) is 0. The summed E-state index contributed by atoms with van der Waals surface area (Å²) < 4.78 is 0. The van der Waals surface area contributed by atoms with E-state index in [4.69, 9.17) is 6.42 Å². The van der Waals surface area contributed by atoms with Crippen molar-refractivity contribution < 1.29 is 5.73 Å². The molecule has 0 atom stereocenters. The third-order valence-corrected chi connectivity index (χ3v) is 0.843. The fourth-order valence-corrected chi connectivity index (χ4v) is 0.478. The Morgan fingerprint density at radius 1 is 1.11 bits per heavy atom. The zero-order valence-electron chi connectivity index (χ0n) is 5.17. The minimum Gasteiger partial charge on any atom is -0.697 e. The molecule has 0 bridgehead atoms. The molecule has 0 amide bonds. The molecular formula is C8H9N. The van der Waals surface area contributed by atoms with Crippen LogP contribution in [-0.4, -0.2) is 0 Å². The molecule has 1 aromatic carbocycles. The predicted octanol–water partition coefficient (Wildman–Crippen LogP) is 0.766. The Labute approximate surface area is 55.5 Å². The highest BCUT2D eigenvalue weighted by atomic mass is 14.5. The number of quaternary nitrogens is 1. The second-order valence-corrected chi connectivity index (χ2v) is 1.49. The molecule has 0 aliphatic carbocycles. The lowest BCUT2D eigenvalue weighted by molar-refractivity contribution is -0.254. The van der Waals surface area contributed by atoms with Gasteiger partial charge in [-0.25, -0.2) is 0 Å². The monoisotopic (exact) mass is 119 g/mol. The van der Waals surface area contributed by atoms with Gasteiger partial charge in [0, 0.05) is 0 Å². The standard InChI is InChI=1S/C6H7N.C2H/c7-6-4-2-1-3-5-6;1-2/h1-5H,7H2;1H/q;-1/p+1. The van der Waals surface area contributed by atoms with Crippen molar-refractivity contribution in [3.8, 4) is 6.42 Å². The Balaban J connectivity index is 0.000000291. The van der Waals surface area contributed by atoms with Crippen molar-refractivity contribution in [2.45, 2.75) is 0 Å². The molecule has 1 rings (SSSR count). The van der Waals surface area contributed by atoms with Gasteiger partial charge in [-0.2, -0.15) is 0 Å². The summed E-state index contributed by atoms with van der Waals surface area (Å²) in [5.74, 6) is 0. The molecule has 0 spiro atoms. The van der Waals surface area contributed by atoms with E-state index in [-0.39, 0.29) is 0 Å². The highest BCUT2D eigenvalue weighted by Crippen LogP contribution is 1.93. The van der Waals surface area contributed by atoms with Crippen LogP contribution in [0.3, 0.4) is 0 Å². The van der Waals surface area contributed by atoms with Crippen molar-refractivity contribution >= 4 is 5.69 Å². The first-order chi connectivity index (χ1) is 4.39. The number of benzene rings is 1. The van der Waals surface area contributed by atoms with Gasteiger partial charge >= 0.3 is 0 Å². The van der Waals surface area contributed by atoms with Gasteiger partial charge in [0.2, 0.25) is 0 Å². The van der Waals surface area contributed by atoms with Crippen LogP contribution in [0.2, 0.25) is 0 Å². The molecule has 3 N–H and O–H groups in total. The lowest BCUT2D eigenvalue weighted by Gasteiger charge is -1.78. The van der Waals surface area contributed by atoms with Crippen molar-refractivity contribution in [3.05, 3.63) is 36.8 Å². The van der Waals surface area contributed by atoms with Crippen LogP contribution in [0.15, 0.2) is 30.3 Å². The van der Waals surface area contributed by atoms with Crippen LogP contribution in [0, 0.1) is 12.8 Å². The summed E-state index contributed by atoms with van der Waals surface area (Å²) in [6.07, 6.45) is 9.00. The quantitative estimate of drug-likeness (QED) is 0.386. The normalized spacial score (nSPS) is 7.00. The molecule has 9 heavy (non-hydrogen) atoms. The number of terminal acetylenes is 1. The van der Waals surface area contributed by atoms with Crippen molar-refractivity contribution in [1.82, 2.24) is 0 Å². The van der Waals surface area contributed by atoms with Crippen LogP contribution >= 0.6 is 0 Å². The van der Waals surface area contributed by atoms with Gasteiger partial charge in [0.25, 0.3) is 0 Å². The van der Waals surface area contributed by atoms with E-state index in [1.54, 1.807) is 0 Å². The molecule has 0 saturated carbocycles. The van der Waals surface area contributed by atoms with E-state index in [1.165, 1.54) is 0 Å². The third kappa shape index (κ3) is 3.33. The summed E-state index contributed by atoms with van der Waals surface area (Å²) in [4.78, 5) is 0. The molecule has 46 valence electrons. The van der Waals surface area contributed by atoms with E-state index in [2.05, 4.69) is 12.2 Å². The summed E-state index contributed by atoms with van der Waals surface area (Å²) in [5.41, 5.74) is 4.79. The van der Waals surface area contributed by atoms with Gasteiger partial charge < -0.3 is 18.6 Å². The summed E-state index contributed by atoms with van der Waals surface area (Å²) >= 11 is 0. The molecule has 0 heterocycles. The number of rotatable bonds is 0. The Morgan fingerprint density at radius 2 is 1.56 bits per heavy atom. The van der Waals surface area contributed by atoms with E-state index < -0.39 is 0 Å². The van der Waals surface area contributed by atoms with E-state index in [0.29, 0.717) is 0 Å². The van der Waals surface area contributed by atoms with Crippen molar-refractivity contribution in [1.29, 1.82) is 0 Å². The topological polar surface area (TPSA) is 27.6 Å². The van der Waals surface area contributed by atoms with Crippen LogP contribution in [0.1, 0.15) is 0 Å². The van der Waals surface area contributed by atoms with Gasteiger partial charge in [-0.3, -0.25) is 0 Å². The van der Waals surface area contributed by atoms with Crippen LogP contribution in [-0.2, 0) is 0 Å². The number of hydrogen-bond donors (Lipinski definition) is 1. The first-order valence-corrected chi connectivity index (χ1v) is 2.55. The molecular weight excluding hydrogens is 110 g/mol. The Bertz CT molecular complexity index is 164. The highest BCUT2D eigenvalue weighted by Gasteiger charge is 1.77. The van der Waals surface area contributed by atoms with Crippen LogP contribution in [0.4, 0.5) is 5.69 Å². The lowest BCUT2D eigenvalue weighted by Crippen LogP contribution is -2.39. The zero-order chi connectivity index (χ0) is 7.11. The molecule has 0 aromatic heterocycles. The Kier molecular flexibility index (Phi) is 4.20. The van der Waals surface area contributed by atoms with Gasteiger partial charge in [-0.15, -0.1) is 0 Å². The molecule has 0 fully saturated rings. The molecule has 0 aliphatic heterocycles. The average molecular weight is 119 g/mol. The maximum atomic E-state index is 5.25. The maximum Gasteiger partial charge on any atom is 0.127 e. The van der Waals surface area contributed by atoms with E-state index in [9.17, 15) is 0 Å². The largest absolute Gasteiger partial charge is 0.697 e. The van der Waals surface area contributed by atoms with Crippen molar-refractivity contribution in [3.63, 3.8) is 0 Å². The summed E-state index contributed by atoms with van der Waals surface area (Å²) in [6.45, 7) is 0. The fraction of sp³-hybridized carbons (Fsp3) is 0. The van der Waals surface area contributed by atoms with Crippen molar-refractivity contribution in [2.24, 2.45) is 0 Å². The van der Waals surface area contributed by atoms with Gasteiger partial charge in [0.05, 0.1) is 0 Å².